The number of nitrogens with zero attached hydrogens (tertiary/aromatic N) is 2. The van der Waals surface area contributed by atoms with Crippen LogP contribution in [0.5, 0.6) is 0 Å². The van der Waals surface area contributed by atoms with Crippen LogP contribution in [0.15, 0.2) is 48.5 Å². The largest absolute Gasteiger partial charge is 0.355 e. The van der Waals surface area contributed by atoms with Gasteiger partial charge >= 0.3 is 6.03 Å². The molecule has 2 aromatic rings. The van der Waals surface area contributed by atoms with E-state index in [4.69, 9.17) is 0 Å². The molecule has 3 rings (SSSR count). The van der Waals surface area contributed by atoms with Gasteiger partial charge in [-0.1, -0.05) is 30.3 Å². The molecule has 0 aromatic heterocycles. The summed E-state index contributed by atoms with van der Waals surface area (Å²) in [6.45, 7) is 1.87. The number of hydrogen-bond donors (Lipinski definition) is 2. The molecular formula is C23H28F2N4O2. The van der Waals surface area contributed by atoms with Crippen LogP contribution in [0.2, 0.25) is 0 Å². The minimum Gasteiger partial charge on any atom is -0.355 e. The molecule has 0 saturated carbocycles. The number of likely N-dealkylation sites (tertiary alicyclic amines) is 1. The normalized spacial score (nSPS) is 18.7. The molecule has 2 unspecified atom stereocenters. The van der Waals surface area contributed by atoms with Crippen LogP contribution in [0.3, 0.4) is 0 Å². The van der Waals surface area contributed by atoms with Gasteiger partial charge in [-0.15, -0.1) is 0 Å². The fraction of sp³-hybridized carbons (Fsp3) is 0.391. The van der Waals surface area contributed by atoms with Crippen molar-refractivity contribution in [3.63, 3.8) is 0 Å². The number of hydrogen-bond acceptors (Lipinski definition) is 3. The average molecular weight is 430 g/mol. The second kappa shape index (κ2) is 10.3. The molecule has 1 aliphatic heterocycles. The quantitative estimate of drug-likeness (QED) is 0.739. The van der Waals surface area contributed by atoms with E-state index in [1.54, 1.807) is 0 Å². The number of carbonyl (C=O) groups is 2. The molecule has 1 fully saturated rings. The van der Waals surface area contributed by atoms with E-state index < -0.39 is 17.7 Å². The molecule has 6 nitrogen and oxygen atoms in total. The molecule has 0 bridgehead atoms. The van der Waals surface area contributed by atoms with Crippen molar-refractivity contribution in [2.75, 3.05) is 45.6 Å². The van der Waals surface area contributed by atoms with Gasteiger partial charge in [-0.25, -0.2) is 13.6 Å². The van der Waals surface area contributed by atoms with E-state index in [0.717, 1.165) is 17.7 Å². The third-order valence-electron chi connectivity index (χ3n) is 5.41. The van der Waals surface area contributed by atoms with Crippen LogP contribution >= 0.6 is 0 Å². The maximum Gasteiger partial charge on any atom is 0.321 e. The Bertz CT molecular complexity index is 908. The fourth-order valence-corrected chi connectivity index (χ4v) is 3.75. The van der Waals surface area contributed by atoms with Crippen LogP contribution in [0, 0.1) is 17.6 Å². The summed E-state index contributed by atoms with van der Waals surface area (Å²) in [4.78, 5) is 29.2. The number of likely N-dealkylation sites (N-methyl/N-ethyl adjacent to an activating group) is 1. The first-order valence-corrected chi connectivity index (χ1v) is 10.3. The Balaban J connectivity index is 1.74. The lowest BCUT2D eigenvalue weighted by Gasteiger charge is -2.37. The molecule has 1 saturated heterocycles. The SMILES string of the molecule is CN(C)CCNC(=O)C1CC(c2ccccc2)CN(C(=O)Nc2ccc(F)cc2F)C1. The van der Waals surface area contributed by atoms with E-state index in [0.29, 0.717) is 26.1 Å². The number of piperidine rings is 1. The lowest BCUT2D eigenvalue weighted by atomic mass is 9.84. The van der Waals surface area contributed by atoms with Crippen molar-refractivity contribution in [1.82, 2.24) is 15.1 Å². The van der Waals surface area contributed by atoms with Crippen molar-refractivity contribution in [3.05, 3.63) is 65.7 Å². The van der Waals surface area contributed by atoms with Gasteiger partial charge in [-0.05, 0) is 38.2 Å². The number of benzene rings is 2. The predicted molar refractivity (Wildman–Crippen MR) is 116 cm³/mol. The third-order valence-corrected chi connectivity index (χ3v) is 5.41. The van der Waals surface area contributed by atoms with Gasteiger partial charge in [0, 0.05) is 38.2 Å². The molecule has 2 atom stereocenters. The second-order valence-corrected chi connectivity index (χ2v) is 8.09. The van der Waals surface area contributed by atoms with E-state index in [9.17, 15) is 18.4 Å². The van der Waals surface area contributed by atoms with Gasteiger partial charge in [0.25, 0.3) is 0 Å². The number of urea groups is 1. The Morgan fingerprint density at radius 2 is 1.84 bits per heavy atom. The Hall–Kier alpha value is -3.00. The van der Waals surface area contributed by atoms with Crippen LogP contribution in [-0.2, 0) is 4.79 Å². The zero-order chi connectivity index (χ0) is 22.4. The van der Waals surface area contributed by atoms with Gasteiger partial charge < -0.3 is 20.4 Å². The maximum absolute atomic E-state index is 14.0. The smallest absolute Gasteiger partial charge is 0.321 e. The number of amides is 3. The Morgan fingerprint density at radius 3 is 2.52 bits per heavy atom. The molecule has 0 radical (unpaired) electrons. The lowest BCUT2D eigenvalue weighted by Crippen LogP contribution is -2.49. The molecule has 0 spiro atoms. The van der Waals surface area contributed by atoms with Crippen molar-refractivity contribution >= 4 is 17.6 Å². The highest BCUT2D eigenvalue weighted by Crippen LogP contribution is 2.31. The summed E-state index contributed by atoms with van der Waals surface area (Å²) >= 11 is 0. The Kier molecular flexibility index (Phi) is 7.57. The molecule has 31 heavy (non-hydrogen) atoms. The highest BCUT2D eigenvalue weighted by molar-refractivity contribution is 5.90. The van der Waals surface area contributed by atoms with Crippen molar-refractivity contribution in [1.29, 1.82) is 0 Å². The molecule has 1 heterocycles. The van der Waals surface area contributed by atoms with Gasteiger partial charge in [0.05, 0.1) is 11.6 Å². The van der Waals surface area contributed by atoms with E-state index >= 15 is 0 Å². The van der Waals surface area contributed by atoms with E-state index in [1.807, 2.05) is 49.3 Å². The van der Waals surface area contributed by atoms with Crippen molar-refractivity contribution in [2.45, 2.75) is 12.3 Å². The highest BCUT2D eigenvalue weighted by Gasteiger charge is 2.34. The number of carbonyl (C=O) groups excluding carboxylic acids is 2. The molecule has 8 heteroatoms. The lowest BCUT2D eigenvalue weighted by molar-refractivity contribution is -0.126. The fourth-order valence-electron chi connectivity index (χ4n) is 3.75. The summed E-state index contributed by atoms with van der Waals surface area (Å²) in [7, 11) is 3.86. The topological polar surface area (TPSA) is 64.7 Å². The summed E-state index contributed by atoms with van der Waals surface area (Å²) in [5.41, 5.74) is 0.944. The zero-order valence-corrected chi connectivity index (χ0v) is 17.8. The number of halogens is 2. The van der Waals surface area contributed by atoms with Gasteiger partial charge in [-0.2, -0.15) is 0 Å². The summed E-state index contributed by atoms with van der Waals surface area (Å²) in [6, 6.07) is 12.2. The predicted octanol–water partition coefficient (Wildman–Crippen LogP) is 3.28. The number of rotatable bonds is 6. The standard InChI is InChI=1S/C23H28F2N4O2/c1-28(2)11-10-26-22(30)18-12-17(16-6-4-3-5-7-16)14-29(15-18)23(31)27-21-9-8-19(24)13-20(21)25/h3-9,13,17-18H,10-12,14-15H2,1-2H3,(H,26,30)(H,27,31). The molecule has 2 N–H and O–H groups in total. The molecular weight excluding hydrogens is 402 g/mol. The van der Waals surface area contributed by atoms with Gasteiger partial charge in [0.1, 0.15) is 11.6 Å². The minimum atomic E-state index is -0.844. The Labute approximate surface area is 181 Å². The molecule has 166 valence electrons. The first kappa shape index (κ1) is 22.7. The van der Waals surface area contributed by atoms with Crippen LogP contribution in [0.25, 0.3) is 0 Å². The number of anilines is 1. The first-order chi connectivity index (χ1) is 14.8. The summed E-state index contributed by atoms with van der Waals surface area (Å²) < 4.78 is 27.1. The minimum absolute atomic E-state index is 0.0247. The second-order valence-electron chi connectivity index (χ2n) is 8.09. The van der Waals surface area contributed by atoms with Crippen LogP contribution in [-0.4, -0.2) is 62.0 Å². The summed E-state index contributed by atoms with van der Waals surface area (Å²) in [6.07, 6.45) is 0.618. The maximum atomic E-state index is 14.0. The molecule has 1 aliphatic rings. The van der Waals surface area contributed by atoms with Crippen molar-refractivity contribution in [2.24, 2.45) is 5.92 Å². The van der Waals surface area contributed by atoms with Crippen LogP contribution < -0.4 is 10.6 Å². The van der Waals surface area contributed by atoms with E-state index in [-0.39, 0.29) is 30.0 Å². The third kappa shape index (κ3) is 6.24. The summed E-state index contributed by atoms with van der Waals surface area (Å²) in [5.74, 6) is -2.07. The van der Waals surface area contributed by atoms with Gasteiger partial charge in [0.15, 0.2) is 0 Å². The molecule has 0 aliphatic carbocycles. The first-order valence-electron chi connectivity index (χ1n) is 10.3. The molecule has 3 amide bonds. The zero-order valence-electron chi connectivity index (χ0n) is 17.8. The van der Waals surface area contributed by atoms with Crippen LogP contribution in [0.1, 0.15) is 17.9 Å². The van der Waals surface area contributed by atoms with Gasteiger partial charge in [-0.3, -0.25) is 4.79 Å². The van der Waals surface area contributed by atoms with Crippen LogP contribution in [0.4, 0.5) is 19.3 Å². The Morgan fingerprint density at radius 1 is 1.10 bits per heavy atom. The number of nitrogens with one attached hydrogen (secondary N) is 2. The summed E-state index contributed by atoms with van der Waals surface area (Å²) in [5, 5.41) is 5.44. The van der Waals surface area contributed by atoms with Crippen molar-refractivity contribution < 1.29 is 18.4 Å². The monoisotopic (exact) mass is 430 g/mol. The molecule has 2 aromatic carbocycles. The van der Waals surface area contributed by atoms with Crippen molar-refractivity contribution in [3.8, 4) is 0 Å². The highest BCUT2D eigenvalue weighted by atomic mass is 19.1. The average Bonchev–Trinajstić information content (AvgIpc) is 2.75. The van der Waals surface area contributed by atoms with E-state index in [1.165, 1.54) is 11.0 Å². The van der Waals surface area contributed by atoms with Gasteiger partial charge in [0.2, 0.25) is 5.91 Å². The van der Waals surface area contributed by atoms with E-state index in [2.05, 4.69) is 10.6 Å².